The lowest BCUT2D eigenvalue weighted by Gasteiger charge is -2.20. The molecule has 0 aliphatic carbocycles. The highest BCUT2D eigenvalue weighted by atomic mass is 32.2. The predicted molar refractivity (Wildman–Crippen MR) is 95.1 cm³/mol. The third-order valence-corrected chi connectivity index (χ3v) is 8.06. The first-order valence-electron chi connectivity index (χ1n) is 8.28. The first-order valence-corrected chi connectivity index (χ1v) is 10.7. The van der Waals surface area contributed by atoms with Gasteiger partial charge in [0.2, 0.25) is 10.0 Å². The smallest absolute Gasteiger partial charge is 0.218 e. The van der Waals surface area contributed by atoms with Crippen LogP contribution in [0.15, 0.2) is 29.6 Å². The molecule has 2 atom stereocenters. The number of thiazole rings is 1. The van der Waals surface area contributed by atoms with Crippen molar-refractivity contribution >= 4 is 21.4 Å². The van der Waals surface area contributed by atoms with Gasteiger partial charge in [0.25, 0.3) is 0 Å². The van der Waals surface area contributed by atoms with E-state index in [1.807, 2.05) is 18.4 Å². The van der Waals surface area contributed by atoms with Crippen LogP contribution in [0.3, 0.4) is 0 Å². The van der Waals surface area contributed by atoms with Crippen molar-refractivity contribution in [3.63, 3.8) is 0 Å². The van der Waals surface area contributed by atoms with Crippen molar-refractivity contribution in [2.24, 2.45) is 5.92 Å². The Morgan fingerprint density at radius 3 is 2.80 bits per heavy atom. The molecule has 0 spiro atoms. The quantitative estimate of drug-likeness (QED) is 0.815. The van der Waals surface area contributed by atoms with Gasteiger partial charge in [-0.25, -0.2) is 17.8 Å². The summed E-state index contributed by atoms with van der Waals surface area (Å²) < 4.78 is 40.6. The number of aryl methyl sites for hydroxylation is 1. The zero-order chi connectivity index (χ0) is 17.6. The largest absolute Gasteiger partial charge is 0.297 e. The Balaban J connectivity index is 1.44. The van der Waals surface area contributed by atoms with Gasteiger partial charge in [-0.05, 0) is 24.6 Å². The molecule has 0 bridgehead atoms. The molecule has 2 fully saturated rings. The van der Waals surface area contributed by atoms with Crippen LogP contribution in [-0.4, -0.2) is 47.5 Å². The lowest BCUT2D eigenvalue weighted by Crippen LogP contribution is -2.34. The zero-order valence-corrected chi connectivity index (χ0v) is 15.6. The van der Waals surface area contributed by atoms with Crippen molar-refractivity contribution in [3.05, 3.63) is 51.7 Å². The van der Waals surface area contributed by atoms with Crippen LogP contribution in [0.1, 0.15) is 16.3 Å². The fourth-order valence-corrected chi connectivity index (χ4v) is 6.59. The van der Waals surface area contributed by atoms with Crippen LogP contribution in [0.4, 0.5) is 4.39 Å². The van der Waals surface area contributed by atoms with E-state index in [4.69, 9.17) is 0 Å². The summed E-state index contributed by atoms with van der Waals surface area (Å²) in [4.78, 5) is 6.50. The molecule has 2 aliphatic heterocycles. The maximum Gasteiger partial charge on any atom is 0.218 e. The highest BCUT2D eigenvalue weighted by Gasteiger charge is 2.50. The molecule has 0 saturated carbocycles. The van der Waals surface area contributed by atoms with Gasteiger partial charge in [0.05, 0.1) is 22.5 Å². The molecule has 0 amide bonds. The summed E-state index contributed by atoms with van der Waals surface area (Å²) in [5, 5.41) is 2.52. The predicted octanol–water partition coefficient (Wildman–Crippen LogP) is 2.24. The Bertz CT molecular complexity index is 884. The van der Waals surface area contributed by atoms with Gasteiger partial charge < -0.3 is 0 Å². The summed E-state index contributed by atoms with van der Waals surface area (Å²) >= 11 is 1.54. The highest BCUT2D eigenvalue weighted by molar-refractivity contribution is 7.90. The van der Waals surface area contributed by atoms with Crippen LogP contribution < -0.4 is 0 Å². The molecule has 8 heteroatoms. The monoisotopic (exact) mass is 381 g/mol. The minimum atomic E-state index is -3.30. The van der Waals surface area contributed by atoms with E-state index in [-0.39, 0.29) is 17.0 Å². The van der Waals surface area contributed by atoms with Gasteiger partial charge in [0.15, 0.2) is 0 Å². The van der Waals surface area contributed by atoms with E-state index in [1.54, 1.807) is 21.7 Å². The van der Waals surface area contributed by atoms with Gasteiger partial charge in [0.1, 0.15) is 5.82 Å². The highest BCUT2D eigenvalue weighted by Crippen LogP contribution is 2.35. The van der Waals surface area contributed by atoms with Gasteiger partial charge in [-0.2, -0.15) is 4.31 Å². The Hall–Kier alpha value is -1.35. The number of hydrogen-bond donors (Lipinski definition) is 0. The Kier molecular flexibility index (Phi) is 4.39. The first kappa shape index (κ1) is 17.1. The number of hydrogen-bond acceptors (Lipinski definition) is 5. The van der Waals surface area contributed by atoms with Crippen LogP contribution >= 0.6 is 11.3 Å². The average molecular weight is 381 g/mol. The maximum absolute atomic E-state index is 13.3. The summed E-state index contributed by atoms with van der Waals surface area (Å²) in [7, 11) is -3.30. The van der Waals surface area contributed by atoms with Crippen molar-refractivity contribution in [3.8, 4) is 0 Å². The van der Waals surface area contributed by atoms with Crippen LogP contribution in [0.5, 0.6) is 0 Å². The first-order chi connectivity index (χ1) is 11.9. The fraction of sp³-hybridized carbons (Fsp3) is 0.471. The number of fused-ring (bicyclic) bond motifs is 1. The molecule has 0 N–H and O–H groups in total. The van der Waals surface area contributed by atoms with E-state index >= 15 is 0 Å². The summed E-state index contributed by atoms with van der Waals surface area (Å²) in [5.74, 6) is -0.146. The summed E-state index contributed by atoms with van der Waals surface area (Å²) in [5.41, 5.74) is 1.70. The van der Waals surface area contributed by atoms with E-state index in [0.717, 1.165) is 22.8 Å². The third kappa shape index (κ3) is 3.36. The number of rotatable bonds is 4. The molecule has 5 nitrogen and oxygen atoms in total. The van der Waals surface area contributed by atoms with Crippen LogP contribution in [-0.2, 0) is 23.1 Å². The van der Waals surface area contributed by atoms with Gasteiger partial charge in [0, 0.05) is 37.5 Å². The second-order valence-electron chi connectivity index (χ2n) is 6.82. The summed E-state index contributed by atoms with van der Waals surface area (Å²) in [6.45, 7) is 4.66. The number of nitrogens with zero attached hydrogens (tertiary/aromatic N) is 3. The van der Waals surface area contributed by atoms with E-state index in [1.165, 1.54) is 12.1 Å². The minimum absolute atomic E-state index is 0.110. The zero-order valence-electron chi connectivity index (χ0n) is 13.9. The van der Waals surface area contributed by atoms with Gasteiger partial charge in [-0.15, -0.1) is 11.3 Å². The van der Waals surface area contributed by atoms with Gasteiger partial charge >= 0.3 is 0 Å². The molecule has 3 heterocycles. The lowest BCUT2D eigenvalue weighted by atomic mass is 10.1. The molecule has 0 radical (unpaired) electrons. The molecule has 4 rings (SSSR count). The average Bonchev–Trinajstić information content (AvgIpc) is 3.18. The normalized spacial score (nSPS) is 26.2. The SMILES string of the molecule is Cc1nc(CN2C[C@@H]3CN(Cc4cccc(F)c4)C[C@H]3S2(=O)=O)cs1. The Morgan fingerprint density at radius 1 is 1.28 bits per heavy atom. The molecule has 25 heavy (non-hydrogen) atoms. The minimum Gasteiger partial charge on any atom is -0.297 e. The second kappa shape index (κ2) is 6.42. The topological polar surface area (TPSA) is 53.5 Å². The van der Waals surface area contributed by atoms with Crippen molar-refractivity contribution in [2.75, 3.05) is 19.6 Å². The van der Waals surface area contributed by atoms with Gasteiger partial charge in [-0.3, -0.25) is 4.90 Å². The van der Waals surface area contributed by atoms with Crippen molar-refractivity contribution in [1.82, 2.24) is 14.2 Å². The van der Waals surface area contributed by atoms with Crippen molar-refractivity contribution in [2.45, 2.75) is 25.3 Å². The van der Waals surface area contributed by atoms with E-state index in [0.29, 0.717) is 26.2 Å². The third-order valence-electron chi connectivity index (χ3n) is 4.94. The van der Waals surface area contributed by atoms with Crippen LogP contribution in [0.2, 0.25) is 0 Å². The molecular weight excluding hydrogens is 361 g/mol. The molecule has 2 aromatic rings. The number of aromatic nitrogens is 1. The molecule has 1 aromatic heterocycles. The number of benzene rings is 1. The van der Waals surface area contributed by atoms with Crippen LogP contribution in [0, 0.1) is 18.7 Å². The Morgan fingerprint density at radius 2 is 2.12 bits per heavy atom. The molecule has 0 unspecified atom stereocenters. The molecule has 134 valence electrons. The number of halogens is 1. The standard InChI is InChI=1S/C17H20FN3O2S2/c1-12-19-16(11-24-12)9-21-8-14-7-20(10-17(14)25(21,22)23)6-13-3-2-4-15(18)5-13/h2-5,11,14,17H,6-10H2,1H3/t14-,17+/m0/s1. The number of sulfonamides is 1. The molecule has 1 aromatic carbocycles. The second-order valence-corrected chi connectivity index (χ2v) is 10.0. The maximum atomic E-state index is 13.3. The summed E-state index contributed by atoms with van der Waals surface area (Å²) in [6, 6.07) is 6.50. The van der Waals surface area contributed by atoms with E-state index in [2.05, 4.69) is 9.88 Å². The fourth-order valence-electron chi connectivity index (χ4n) is 3.84. The van der Waals surface area contributed by atoms with Crippen LogP contribution in [0.25, 0.3) is 0 Å². The Labute approximate surface area is 151 Å². The molecular formula is C17H20FN3O2S2. The molecule has 2 saturated heterocycles. The van der Waals surface area contributed by atoms with E-state index in [9.17, 15) is 12.8 Å². The van der Waals surface area contributed by atoms with Crippen molar-refractivity contribution < 1.29 is 12.8 Å². The summed E-state index contributed by atoms with van der Waals surface area (Å²) in [6.07, 6.45) is 0. The number of likely N-dealkylation sites (tertiary alicyclic amines) is 1. The van der Waals surface area contributed by atoms with Crippen molar-refractivity contribution in [1.29, 1.82) is 0 Å². The van der Waals surface area contributed by atoms with Gasteiger partial charge in [-0.1, -0.05) is 12.1 Å². The van der Waals surface area contributed by atoms with E-state index < -0.39 is 10.0 Å². The molecule has 2 aliphatic rings. The lowest BCUT2D eigenvalue weighted by molar-refractivity contribution is 0.294.